The van der Waals surface area contributed by atoms with Crippen LogP contribution < -0.4 is 10.5 Å². The van der Waals surface area contributed by atoms with Gasteiger partial charge in [0, 0.05) is 19.1 Å². The summed E-state index contributed by atoms with van der Waals surface area (Å²) >= 11 is 0. The van der Waals surface area contributed by atoms with Gasteiger partial charge in [-0.15, -0.1) is 0 Å². The van der Waals surface area contributed by atoms with Crippen LogP contribution in [0.4, 0.5) is 0 Å². The molecule has 4 rings (SSSR count). The zero-order valence-electron chi connectivity index (χ0n) is 16.1. The van der Waals surface area contributed by atoms with Gasteiger partial charge in [-0.25, -0.2) is 0 Å². The van der Waals surface area contributed by atoms with Crippen LogP contribution >= 0.6 is 0 Å². The van der Waals surface area contributed by atoms with Gasteiger partial charge in [-0.3, -0.25) is 4.79 Å². The molecular formula is C23H26N2O3. The van der Waals surface area contributed by atoms with E-state index in [9.17, 15) is 4.79 Å². The van der Waals surface area contributed by atoms with Crippen molar-refractivity contribution in [2.24, 2.45) is 11.7 Å². The number of fused-ring (bicyclic) bond motifs is 1. The number of carbonyl (C=O) groups excluding carboxylic acids is 1. The maximum atomic E-state index is 12.7. The van der Waals surface area contributed by atoms with E-state index in [1.54, 1.807) is 6.07 Å². The van der Waals surface area contributed by atoms with Gasteiger partial charge in [-0.05, 0) is 60.7 Å². The lowest BCUT2D eigenvalue weighted by atomic mass is 9.91. The van der Waals surface area contributed by atoms with E-state index in [0.29, 0.717) is 24.0 Å². The lowest BCUT2D eigenvalue weighted by Crippen LogP contribution is -2.42. The second-order valence-electron chi connectivity index (χ2n) is 7.55. The summed E-state index contributed by atoms with van der Waals surface area (Å²) in [5.74, 6) is 2.23. The number of likely N-dealkylation sites (tertiary alicyclic amines) is 1. The molecule has 0 aliphatic carbocycles. The third-order valence-corrected chi connectivity index (χ3v) is 5.54. The van der Waals surface area contributed by atoms with Crippen LogP contribution in [0.15, 0.2) is 59.0 Å². The number of carbonyl (C=O) groups is 1. The minimum atomic E-state index is -0.0555. The van der Waals surface area contributed by atoms with Gasteiger partial charge >= 0.3 is 0 Å². The van der Waals surface area contributed by atoms with Gasteiger partial charge in [-0.1, -0.05) is 30.3 Å². The van der Waals surface area contributed by atoms with Gasteiger partial charge < -0.3 is 19.8 Å². The average Bonchev–Trinajstić information content (AvgIpc) is 3.20. The lowest BCUT2D eigenvalue weighted by molar-refractivity contribution is 0.0645. The molecule has 1 atom stereocenters. The molecule has 0 radical (unpaired) electrons. The van der Waals surface area contributed by atoms with Crippen molar-refractivity contribution in [3.63, 3.8) is 0 Å². The maximum Gasteiger partial charge on any atom is 0.289 e. The minimum absolute atomic E-state index is 0.0555. The number of amides is 1. The Morgan fingerprint density at radius 1 is 1.14 bits per heavy atom. The monoisotopic (exact) mass is 378 g/mol. The molecule has 2 N–H and O–H groups in total. The highest BCUT2D eigenvalue weighted by Crippen LogP contribution is 2.23. The zero-order chi connectivity index (χ0) is 19.5. The molecule has 5 heteroatoms. The van der Waals surface area contributed by atoms with E-state index < -0.39 is 0 Å². The Balaban J connectivity index is 1.35. The molecule has 1 amide bonds. The van der Waals surface area contributed by atoms with Crippen LogP contribution in [-0.4, -0.2) is 29.9 Å². The first kappa shape index (κ1) is 18.6. The summed E-state index contributed by atoms with van der Waals surface area (Å²) in [4.78, 5) is 14.5. The molecule has 1 saturated heterocycles. The van der Waals surface area contributed by atoms with Gasteiger partial charge in [0.15, 0.2) is 5.76 Å². The number of nitrogens with two attached hydrogens (primary N) is 1. The molecule has 1 aliphatic rings. The fraction of sp³-hybridized carbons (Fsp3) is 0.348. The average molecular weight is 378 g/mol. The molecule has 28 heavy (non-hydrogen) atoms. The Labute approximate surface area is 165 Å². The van der Waals surface area contributed by atoms with Crippen molar-refractivity contribution in [2.75, 3.05) is 13.1 Å². The number of furan rings is 1. The molecule has 3 aromatic rings. The van der Waals surface area contributed by atoms with E-state index in [1.165, 1.54) is 5.39 Å². The van der Waals surface area contributed by atoms with Crippen molar-refractivity contribution in [2.45, 2.75) is 32.4 Å². The summed E-state index contributed by atoms with van der Waals surface area (Å²) in [6, 6.07) is 17.9. The van der Waals surface area contributed by atoms with E-state index in [0.717, 1.165) is 37.1 Å². The van der Waals surface area contributed by atoms with Crippen molar-refractivity contribution in [3.8, 4) is 5.75 Å². The number of rotatable bonds is 5. The molecule has 146 valence electrons. The third-order valence-electron chi connectivity index (χ3n) is 5.54. The van der Waals surface area contributed by atoms with E-state index in [2.05, 4.69) is 12.1 Å². The highest BCUT2D eigenvalue weighted by atomic mass is 16.5. The van der Waals surface area contributed by atoms with Crippen molar-refractivity contribution in [1.29, 1.82) is 0 Å². The predicted molar refractivity (Wildman–Crippen MR) is 109 cm³/mol. The van der Waals surface area contributed by atoms with E-state index >= 15 is 0 Å². The Hall–Kier alpha value is -2.79. The first-order chi connectivity index (χ1) is 13.6. The SMILES string of the molecule is CC(N)C1CCN(C(=O)c2ccc(COc3ccc4ccccc4c3)o2)CC1. The summed E-state index contributed by atoms with van der Waals surface area (Å²) in [6.07, 6.45) is 1.89. The van der Waals surface area contributed by atoms with Crippen molar-refractivity contribution >= 4 is 16.7 Å². The van der Waals surface area contributed by atoms with Crippen LogP contribution in [0.2, 0.25) is 0 Å². The number of nitrogens with zero attached hydrogens (tertiary/aromatic N) is 1. The van der Waals surface area contributed by atoms with Crippen LogP contribution in [0, 0.1) is 5.92 Å². The van der Waals surface area contributed by atoms with Crippen molar-refractivity contribution < 1.29 is 13.9 Å². The number of ether oxygens (including phenoxy) is 1. The highest BCUT2D eigenvalue weighted by molar-refractivity contribution is 5.91. The Kier molecular flexibility index (Phi) is 5.35. The lowest BCUT2D eigenvalue weighted by Gasteiger charge is -2.33. The summed E-state index contributed by atoms with van der Waals surface area (Å²) < 4.78 is 11.6. The maximum absolute atomic E-state index is 12.7. The molecule has 2 aromatic carbocycles. The molecule has 0 bridgehead atoms. The van der Waals surface area contributed by atoms with E-state index in [-0.39, 0.29) is 11.9 Å². The molecular weight excluding hydrogens is 352 g/mol. The topological polar surface area (TPSA) is 68.7 Å². The van der Waals surface area contributed by atoms with Gasteiger partial charge in [0.1, 0.15) is 18.1 Å². The van der Waals surface area contributed by atoms with Gasteiger partial charge in [0.2, 0.25) is 0 Å². The quantitative estimate of drug-likeness (QED) is 0.722. The Morgan fingerprint density at radius 2 is 1.89 bits per heavy atom. The predicted octanol–water partition coefficient (Wildman–Crippen LogP) is 4.21. The minimum Gasteiger partial charge on any atom is -0.486 e. The van der Waals surface area contributed by atoms with Crippen molar-refractivity contribution in [1.82, 2.24) is 4.90 Å². The Morgan fingerprint density at radius 3 is 2.64 bits per heavy atom. The van der Waals surface area contributed by atoms with Crippen molar-refractivity contribution in [3.05, 3.63) is 66.1 Å². The van der Waals surface area contributed by atoms with Crippen LogP contribution in [-0.2, 0) is 6.61 Å². The fourth-order valence-corrected chi connectivity index (χ4v) is 3.77. The van der Waals surface area contributed by atoms with E-state index in [4.69, 9.17) is 14.9 Å². The van der Waals surface area contributed by atoms with Gasteiger partial charge in [0.05, 0.1) is 0 Å². The zero-order valence-corrected chi connectivity index (χ0v) is 16.1. The summed E-state index contributed by atoms with van der Waals surface area (Å²) in [5, 5.41) is 2.30. The standard InChI is InChI=1S/C23H26N2O3/c1-16(24)17-10-12-25(13-11-17)23(26)22-9-8-21(28-22)15-27-20-7-6-18-4-2-3-5-19(18)14-20/h2-9,14,16-17H,10-13,15,24H2,1H3. The summed E-state index contributed by atoms with van der Waals surface area (Å²) in [5.41, 5.74) is 5.98. The number of hydrogen-bond acceptors (Lipinski definition) is 4. The molecule has 5 nitrogen and oxygen atoms in total. The number of benzene rings is 2. The van der Waals surface area contributed by atoms with Crippen LogP contribution in [0.3, 0.4) is 0 Å². The Bertz CT molecular complexity index is 955. The summed E-state index contributed by atoms with van der Waals surface area (Å²) in [7, 11) is 0. The normalized spacial score (nSPS) is 16.3. The second-order valence-corrected chi connectivity index (χ2v) is 7.55. The number of hydrogen-bond donors (Lipinski definition) is 1. The first-order valence-electron chi connectivity index (χ1n) is 9.85. The molecule has 1 aromatic heterocycles. The smallest absolute Gasteiger partial charge is 0.289 e. The van der Waals surface area contributed by atoms with Crippen LogP contribution in [0.1, 0.15) is 36.1 Å². The molecule has 1 fully saturated rings. The highest BCUT2D eigenvalue weighted by Gasteiger charge is 2.27. The first-order valence-corrected chi connectivity index (χ1v) is 9.85. The van der Waals surface area contributed by atoms with Gasteiger partial charge in [0.25, 0.3) is 5.91 Å². The third kappa shape index (κ3) is 4.04. The molecule has 0 spiro atoms. The van der Waals surface area contributed by atoms with Crippen LogP contribution in [0.25, 0.3) is 10.8 Å². The molecule has 1 unspecified atom stereocenters. The number of piperidine rings is 1. The fourth-order valence-electron chi connectivity index (χ4n) is 3.77. The van der Waals surface area contributed by atoms with E-state index in [1.807, 2.05) is 48.2 Å². The summed E-state index contributed by atoms with van der Waals surface area (Å²) in [6.45, 7) is 3.79. The molecule has 2 heterocycles. The largest absolute Gasteiger partial charge is 0.486 e. The van der Waals surface area contributed by atoms with Crippen LogP contribution in [0.5, 0.6) is 5.75 Å². The van der Waals surface area contributed by atoms with Gasteiger partial charge in [-0.2, -0.15) is 0 Å². The molecule has 0 saturated carbocycles. The second kappa shape index (κ2) is 8.07. The molecule has 1 aliphatic heterocycles.